The van der Waals surface area contributed by atoms with Gasteiger partial charge in [0, 0.05) is 44.4 Å². The van der Waals surface area contributed by atoms with Gasteiger partial charge in [-0.2, -0.15) is 5.10 Å². The zero-order valence-electron chi connectivity index (χ0n) is 19.0. The first kappa shape index (κ1) is 21.2. The van der Waals surface area contributed by atoms with Gasteiger partial charge in [-0.3, -0.25) is 14.3 Å². The van der Waals surface area contributed by atoms with Crippen LogP contribution in [0, 0.1) is 6.92 Å². The van der Waals surface area contributed by atoms with Crippen LogP contribution in [0.3, 0.4) is 0 Å². The number of aryl methyl sites for hydroxylation is 2. The Morgan fingerprint density at radius 2 is 1.81 bits per heavy atom. The van der Waals surface area contributed by atoms with Crippen molar-refractivity contribution in [1.29, 1.82) is 0 Å². The van der Waals surface area contributed by atoms with Gasteiger partial charge in [0.25, 0.3) is 11.8 Å². The first-order valence-electron chi connectivity index (χ1n) is 11.8. The predicted octanol–water partition coefficient (Wildman–Crippen LogP) is 3.19. The highest BCUT2D eigenvalue weighted by atomic mass is 16.5. The van der Waals surface area contributed by atoms with E-state index in [0.29, 0.717) is 31.4 Å². The van der Waals surface area contributed by atoms with Crippen LogP contribution in [0.2, 0.25) is 0 Å². The van der Waals surface area contributed by atoms with Gasteiger partial charge in [0.1, 0.15) is 5.69 Å². The fourth-order valence-electron chi connectivity index (χ4n) is 5.39. The molecule has 1 unspecified atom stereocenters. The van der Waals surface area contributed by atoms with E-state index in [2.05, 4.69) is 10.00 Å². The summed E-state index contributed by atoms with van der Waals surface area (Å²) in [5.74, 6) is 0.184. The molecule has 1 aromatic heterocycles. The Morgan fingerprint density at radius 1 is 1.09 bits per heavy atom. The average Bonchev–Trinajstić information content (AvgIpc) is 3.57. The van der Waals surface area contributed by atoms with Crippen LogP contribution in [0.4, 0.5) is 0 Å². The minimum atomic E-state index is -0.244. The third-order valence-corrected chi connectivity index (χ3v) is 7.24. The number of ether oxygens (including phenoxy) is 1. The molecule has 1 saturated carbocycles. The number of piperidine rings is 1. The molecular formula is C25H32N4O3. The zero-order chi connectivity index (χ0) is 22.3. The summed E-state index contributed by atoms with van der Waals surface area (Å²) < 4.78 is 8.01. The average molecular weight is 437 g/mol. The Labute approximate surface area is 189 Å². The molecule has 2 amide bonds. The van der Waals surface area contributed by atoms with Crippen LogP contribution < -0.4 is 0 Å². The third kappa shape index (κ3) is 4.06. The Hall–Kier alpha value is -2.67. The zero-order valence-corrected chi connectivity index (χ0v) is 19.0. The normalized spacial score (nSPS) is 22.7. The Balaban J connectivity index is 1.27. The van der Waals surface area contributed by atoms with E-state index in [1.54, 1.807) is 4.68 Å². The lowest BCUT2D eigenvalue weighted by Gasteiger charge is -2.48. The second-order valence-electron chi connectivity index (χ2n) is 9.57. The largest absolute Gasteiger partial charge is 0.375 e. The molecule has 1 aliphatic carbocycles. The van der Waals surface area contributed by atoms with Gasteiger partial charge < -0.3 is 14.5 Å². The molecular weight excluding hydrogens is 404 g/mol. The van der Waals surface area contributed by atoms with Gasteiger partial charge in [0.15, 0.2) is 0 Å². The number of rotatable bonds is 4. The highest BCUT2D eigenvalue weighted by Gasteiger charge is 2.46. The molecule has 32 heavy (non-hydrogen) atoms. The van der Waals surface area contributed by atoms with E-state index in [4.69, 9.17) is 4.74 Å². The van der Waals surface area contributed by atoms with Crippen molar-refractivity contribution < 1.29 is 14.3 Å². The van der Waals surface area contributed by atoms with Crippen LogP contribution in [-0.2, 0) is 11.8 Å². The summed E-state index contributed by atoms with van der Waals surface area (Å²) in [5.41, 5.74) is 2.01. The van der Waals surface area contributed by atoms with Gasteiger partial charge in [-0.05, 0) is 63.6 Å². The van der Waals surface area contributed by atoms with Crippen molar-refractivity contribution in [2.24, 2.45) is 7.05 Å². The maximum atomic E-state index is 13.4. The standard InChI is InChI=1S/C25H32N4O3/c1-18-16-22(27(2)26-18)24(31)28-13-11-25(12-14-28)17-21(10-15-32-25)29(20-8-9-20)23(30)19-6-4-3-5-7-19/h3-7,16,20-21H,8-15,17H2,1-2H3. The molecule has 2 aromatic rings. The number of likely N-dealkylation sites (tertiary alicyclic amines) is 1. The van der Waals surface area contributed by atoms with E-state index in [1.165, 1.54) is 0 Å². The minimum Gasteiger partial charge on any atom is -0.375 e. The molecule has 1 atom stereocenters. The molecule has 3 fully saturated rings. The molecule has 2 saturated heterocycles. The van der Waals surface area contributed by atoms with Crippen molar-refractivity contribution in [2.45, 2.75) is 63.1 Å². The van der Waals surface area contributed by atoms with Gasteiger partial charge >= 0.3 is 0 Å². The maximum Gasteiger partial charge on any atom is 0.272 e. The van der Waals surface area contributed by atoms with Crippen molar-refractivity contribution >= 4 is 11.8 Å². The van der Waals surface area contributed by atoms with E-state index < -0.39 is 0 Å². The molecule has 3 aliphatic rings. The molecule has 7 heteroatoms. The summed E-state index contributed by atoms with van der Waals surface area (Å²) in [5, 5.41) is 4.31. The van der Waals surface area contributed by atoms with E-state index in [0.717, 1.165) is 49.8 Å². The number of benzene rings is 1. The maximum absolute atomic E-state index is 13.4. The highest BCUT2D eigenvalue weighted by molar-refractivity contribution is 5.95. The van der Waals surface area contributed by atoms with E-state index in [9.17, 15) is 9.59 Å². The molecule has 3 heterocycles. The summed E-state index contributed by atoms with van der Waals surface area (Å²) in [6.07, 6.45) is 5.54. The number of aromatic nitrogens is 2. The summed E-state index contributed by atoms with van der Waals surface area (Å²) in [7, 11) is 1.82. The Kier molecular flexibility index (Phi) is 5.53. The van der Waals surface area contributed by atoms with Crippen molar-refractivity contribution in [2.75, 3.05) is 19.7 Å². The lowest BCUT2D eigenvalue weighted by atomic mass is 9.81. The van der Waals surface area contributed by atoms with Gasteiger partial charge in [-0.1, -0.05) is 18.2 Å². The first-order chi connectivity index (χ1) is 15.5. The van der Waals surface area contributed by atoms with Crippen molar-refractivity contribution in [3.63, 3.8) is 0 Å². The summed E-state index contributed by atoms with van der Waals surface area (Å²) in [4.78, 5) is 30.4. The summed E-state index contributed by atoms with van der Waals surface area (Å²) >= 11 is 0. The van der Waals surface area contributed by atoms with E-state index in [1.807, 2.05) is 55.3 Å². The number of carbonyl (C=O) groups excluding carboxylic acids is 2. The third-order valence-electron chi connectivity index (χ3n) is 7.24. The second-order valence-corrected chi connectivity index (χ2v) is 9.57. The number of carbonyl (C=O) groups is 2. The molecule has 2 aliphatic heterocycles. The number of amides is 2. The summed E-state index contributed by atoms with van der Waals surface area (Å²) in [6, 6.07) is 12.0. The van der Waals surface area contributed by atoms with E-state index in [-0.39, 0.29) is 23.5 Å². The lowest BCUT2D eigenvalue weighted by molar-refractivity contribution is -0.126. The number of nitrogens with zero attached hydrogens (tertiary/aromatic N) is 4. The number of hydrogen-bond acceptors (Lipinski definition) is 4. The number of hydrogen-bond donors (Lipinski definition) is 0. The smallest absolute Gasteiger partial charge is 0.272 e. The molecule has 7 nitrogen and oxygen atoms in total. The monoisotopic (exact) mass is 436 g/mol. The quantitative estimate of drug-likeness (QED) is 0.738. The highest BCUT2D eigenvalue weighted by Crippen LogP contribution is 2.40. The fraction of sp³-hybridized carbons (Fsp3) is 0.560. The van der Waals surface area contributed by atoms with E-state index >= 15 is 0 Å². The molecule has 1 spiro atoms. The van der Waals surface area contributed by atoms with Crippen LogP contribution in [0.15, 0.2) is 36.4 Å². The minimum absolute atomic E-state index is 0.0363. The van der Waals surface area contributed by atoms with Crippen LogP contribution in [-0.4, -0.2) is 68.8 Å². The Morgan fingerprint density at radius 3 is 2.44 bits per heavy atom. The molecule has 170 valence electrons. The fourth-order valence-corrected chi connectivity index (χ4v) is 5.39. The molecule has 1 aromatic carbocycles. The van der Waals surface area contributed by atoms with Crippen molar-refractivity contribution in [1.82, 2.24) is 19.6 Å². The predicted molar refractivity (Wildman–Crippen MR) is 120 cm³/mol. The molecule has 0 bridgehead atoms. The van der Waals surface area contributed by atoms with Crippen LogP contribution in [0.25, 0.3) is 0 Å². The Bertz CT molecular complexity index is 990. The molecule has 0 radical (unpaired) electrons. The van der Waals surface area contributed by atoms with Gasteiger partial charge in [-0.25, -0.2) is 0 Å². The second kappa shape index (κ2) is 8.35. The van der Waals surface area contributed by atoms with Crippen LogP contribution in [0.5, 0.6) is 0 Å². The first-order valence-corrected chi connectivity index (χ1v) is 11.8. The molecule has 5 rings (SSSR count). The lowest BCUT2D eigenvalue weighted by Crippen LogP contribution is -2.56. The SMILES string of the molecule is Cc1cc(C(=O)N2CCC3(CC2)CC(N(C(=O)c2ccccc2)C2CC2)CCO3)n(C)n1. The van der Waals surface area contributed by atoms with Gasteiger partial charge in [0.2, 0.25) is 0 Å². The van der Waals surface area contributed by atoms with Crippen molar-refractivity contribution in [3.05, 3.63) is 53.3 Å². The van der Waals surface area contributed by atoms with Gasteiger partial charge in [0.05, 0.1) is 11.3 Å². The molecule has 0 N–H and O–H groups in total. The van der Waals surface area contributed by atoms with Crippen molar-refractivity contribution in [3.8, 4) is 0 Å². The summed E-state index contributed by atoms with van der Waals surface area (Å²) in [6.45, 7) is 3.92. The van der Waals surface area contributed by atoms with Crippen LogP contribution in [0.1, 0.15) is 65.1 Å². The van der Waals surface area contributed by atoms with Crippen LogP contribution >= 0.6 is 0 Å². The van der Waals surface area contributed by atoms with Gasteiger partial charge in [-0.15, -0.1) is 0 Å². The topological polar surface area (TPSA) is 67.7 Å².